The largest absolute Gasteiger partial charge is 0.383 e. The Hall–Kier alpha value is -1.69. The zero-order valence-electron chi connectivity index (χ0n) is 12.9. The molecule has 0 amide bonds. The van der Waals surface area contributed by atoms with Crippen LogP contribution < -0.4 is 5.73 Å². The van der Waals surface area contributed by atoms with E-state index in [0.29, 0.717) is 11.9 Å². The smallest absolute Gasteiger partial charge is 0.163 e. The van der Waals surface area contributed by atoms with Crippen LogP contribution >= 0.6 is 0 Å². The van der Waals surface area contributed by atoms with Gasteiger partial charge in [-0.2, -0.15) is 5.10 Å². The summed E-state index contributed by atoms with van der Waals surface area (Å²) in [6.07, 6.45) is 8.11. The highest BCUT2D eigenvalue weighted by molar-refractivity contribution is 5.84. The van der Waals surface area contributed by atoms with E-state index in [0.717, 1.165) is 29.9 Å². The first-order chi connectivity index (χ1) is 10.2. The third kappa shape index (κ3) is 2.85. The Morgan fingerprint density at radius 3 is 3.00 bits per heavy atom. The van der Waals surface area contributed by atoms with Crippen molar-refractivity contribution in [3.8, 4) is 0 Å². The number of aromatic nitrogens is 4. The van der Waals surface area contributed by atoms with E-state index in [9.17, 15) is 0 Å². The van der Waals surface area contributed by atoms with Crippen LogP contribution in [0.2, 0.25) is 0 Å². The van der Waals surface area contributed by atoms with Gasteiger partial charge in [-0.15, -0.1) is 0 Å². The molecule has 0 aliphatic carbocycles. The van der Waals surface area contributed by atoms with Crippen molar-refractivity contribution in [2.45, 2.75) is 51.6 Å². The van der Waals surface area contributed by atoms with Crippen LogP contribution in [0.25, 0.3) is 11.0 Å². The fraction of sp³-hybridized carbons (Fsp3) is 0.667. The Balaban J connectivity index is 1.84. The maximum absolute atomic E-state index is 6.05. The van der Waals surface area contributed by atoms with Crippen molar-refractivity contribution in [1.82, 2.24) is 24.6 Å². The zero-order valence-corrected chi connectivity index (χ0v) is 12.9. The maximum Gasteiger partial charge on any atom is 0.163 e. The van der Waals surface area contributed by atoms with Gasteiger partial charge in [-0.3, -0.25) is 9.58 Å². The van der Waals surface area contributed by atoms with Crippen molar-refractivity contribution in [1.29, 1.82) is 0 Å². The molecule has 0 spiro atoms. The van der Waals surface area contributed by atoms with Gasteiger partial charge in [0, 0.05) is 13.1 Å². The average Bonchev–Trinajstić information content (AvgIpc) is 2.84. The molecular formula is C15H24N6. The van der Waals surface area contributed by atoms with E-state index in [1.165, 1.54) is 32.1 Å². The first kappa shape index (κ1) is 14.3. The Labute approximate surface area is 125 Å². The summed E-state index contributed by atoms with van der Waals surface area (Å²) < 4.78 is 1.76. The summed E-state index contributed by atoms with van der Waals surface area (Å²) in [5.74, 6) is 1.35. The Bertz CT molecular complexity index is 618. The number of rotatable bonds is 4. The van der Waals surface area contributed by atoms with Gasteiger partial charge in [0.15, 0.2) is 5.65 Å². The van der Waals surface area contributed by atoms with Gasteiger partial charge in [-0.05, 0) is 25.8 Å². The van der Waals surface area contributed by atoms with E-state index in [2.05, 4.69) is 26.9 Å². The molecule has 0 radical (unpaired) electrons. The number of nitrogens with two attached hydrogens (primary N) is 1. The summed E-state index contributed by atoms with van der Waals surface area (Å²) in [7, 11) is 1.89. The lowest BCUT2D eigenvalue weighted by atomic mass is 9.98. The summed E-state index contributed by atoms with van der Waals surface area (Å²) in [5.41, 5.74) is 6.87. The minimum atomic E-state index is 0.534. The molecule has 3 heterocycles. The van der Waals surface area contributed by atoms with Crippen LogP contribution in [0, 0.1) is 0 Å². The van der Waals surface area contributed by atoms with E-state index in [-0.39, 0.29) is 0 Å². The van der Waals surface area contributed by atoms with Gasteiger partial charge in [0.1, 0.15) is 11.6 Å². The third-order valence-electron chi connectivity index (χ3n) is 4.38. The Morgan fingerprint density at radius 2 is 2.19 bits per heavy atom. The minimum absolute atomic E-state index is 0.534. The van der Waals surface area contributed by atoms with Crippen molar-refractivity contribution in [3.63, 3.8) is 0 Å². The SMILES string of the molecule is CCCC1CCCCN1Cc1nc(N)c2cnn(C)c2n1. The van der Waals surface area contributed by atoms with Crippen molar-refractivity contribution < 1.29 is 0 Å². The van der Waals surface area contributed by atoms with Gasteiger partial charge >= 0.3 is 0 Å². The van der Waals surface area contributed by atoms with Crippen LogP contribution in [-0.4, -0.2) is 37.2 Å². The molecule has 1 fully saturated rings. The summed E-state index contributed by atoms with van der Waals surface area (Å²) in [6.45, 7) is 4.18. The van der Waals surface area contributed by atoms with E-state index in [1.807, 2.05) is 7.05 Å². The predicted octanol–water partition coefficient (Wildman–Crippen LogP) is 2.10. The number of fused-ring (bicyclic) bond motifs is 1. The molecule has 114 valence electrons. The van der Waals surface area contributed by atoms with Gasteiger partial charge in [-0.1, -0.05) is 19.8 Å². The second-order valence-corrected chi connectivity index (χ2v) is 5.94. The normalized spacial score (nSPS) is 20.2. The van der Waals surface area contributed by atoms with Crippen molar-refractivity contribution in [2.75, 3.05) is 12.3 Å². The monoisotopic (exact) mass is 288 g/mol. The van der Waals surface area contributed by atoms with E-state index < -0.39 is 0 Å². The van der Waals surface area contributed by atoms with Gasteiger partial charge in [0.2, 0.25) is 0 Å². The molecule has 1 unspecified atom stereocenters. The van der Waals surface area contributed by atoms with Crippen molar-refractivity contribution in [3.05, 3.63) is 12.0 Å². The number of hydrogen-bond donors (Lipinski definition) is 1. The van der Waals surface area contributed by atoms with Gasteiger partial charge < -0.3 is 5.73 Å². The summed E-state index contributed by atoms with van der Waals surface area (Å²) >= 11 is 0. The van der Waals surface area contributed by atoms with Gasteiger partial charge in [0.25, 0.3) is 0 Å². The van der Waals surface area contributed by atoms with E-state index in [1.54, 1.807) is 10.9 Å². The van der Waals surface area contributed by atoms with Crippen molar-refractivity contribution >= 4 is 16.9 Å². The molecule has 1 saturated heterocycles. The second kappa shape index (κ2) is 5.97. The van der Waals surface area contributed by atoms with Crippen LogP contribution in [0.15, 0.2) is 6.20 Å². The number of aryl methyl sites for hydroxylation is 1. The molecule has 2 N–H and O–H groups in total. The molecule has 0 bridgehead atoms. The van der Waals surface area contributed by atoms with Crippen LogP contribution in [0.3, 0.4) is 0 Å². The minimum Gasteiger partial charge on any atom is -0.383 e. The van der Waals surface area contributed by atoms with Gasteiger partial charge in [-0.25, -0.2) is 9.97 Å². The lowest BCUT2D eigenvalue weighted by molar-refractivity contribution is 0.128. The molecule has 1 aliphatic heterocycles. The van der Waals surface area contributed by atoms with E-state index >= 15 is 0 Å². The highest BCUT2D eigenvalue weighted by atomic mass is 15.3. The summed E-state index contributed by atoms with van der Waals surface area (Å²) in [5, 5.41) is 5.05. The summed E-state index contributed by atoms with van der Waals surface area (Å²) in [6, 6.07) is 0.663. The number of nitrogens with zero attached hydrogens (tertiary/aromatic N) is 5. The molecule has 1 atom stereocenters. The third-order valence-corrected chi connectivity index (χ3v) is 4.38. The molecule has 0 saturated carbocycles. The molecular weight excluding hydrogens is 264 g/mol. The number of anilines is 1. The first-order valence-electron chi connectivity index (χ1n) is 7.87. The summed E-state index contributed by atoms with van der Waals surface area (Å²) in [4.78, 5) is 11.6. The van der Waals surface area contributed by atoms with Crippen LogP contribution in [0.5, 0.6) is 0 Å². The van der Waals surface area contributed by atoms with Crippen LogP contribution in [0.1, 0.15) is 44.9 Å². The van der Waals surface area contributed by atoms with E-state index in [4.69, 9.17) is 5.73 Å². The number of piperidine rings is 1. The molecule has 3 rings (SSSR count). The number of likely N-dealkylation sites (tertiary alicyclic amines) is 1. The Morgan fingerprint density at radius 1 is 1.33 bits per heavy atom. The van der Waals surface area contributed by atoms with Crippen LogP contribution in [-0.2, 0) is 13.6 Å². The molecule has 0 aromatic carbocycles. The van der Waals surface area contributed by atoms with Crippen LogP contribution in [0.4, 0.5) is 5.82 Å². The molecule has 21 heavy (non-hydrogen) atoms. The standard InChI is InChI=1S/C15H24N6/c1-3-6-11-7-4-5-8-21(11)10-13-18-14(16)12-9-17-20(2)15(12)19-13/h9,11H,3-8,10H2,1-2H3,(H2,16,18,19). The topological polar surface area (TPSA) is 72.9 Å². The number of nitrogen functional groups attached to an aromatic ring is 1. The quantitative estimate of drug-likeness (QED) is 0.932. The molecule has 6 nitrogen and oxygen atoms in total. The lowest BCUT2D eigenvalue weighted by Crippen LogP contribution is -2.39. The highest BCUT2D eigenvalue weighted by Crippen LogP contribution is 2.23. The fourth-order valence-electron chi connectivity index (χ4n) is 3.27. The highest BCUT2D eigenvalue weighted by Gasteiger charge is 2.23. The lowest BCUT2D eigenvalue weighted by Gasteiger charge is -2.35. The molecule has 2 aromatic heterocycles. The molecule has 1 aliphatic rings. The molecule has 2 aromatic rings. The first-order valence-corrected chi connectivity index (χ1v) is 7.87. The maximum atomic E-state index is 6.05. The van der Waals surface area contributed by atoms with Crippen molar-refractivity contribution in [2.24, 2.45) is 7.05 Å². The zero-order chi connectivity index (χ0) is 14.8. The molecule has 6 heteroatoms. The Kier molecular flexibility index (Phi) is 4.05. The predicted molar refractivity (Wildman–Crippen MR) is 83.7 cm³/mol. The average molecular weight is 288 g/mol. The fourth-order valence-corrected chi connectivity index (χ4v) is 3.27. The number of hydrogen-bond acceptors (Lipinski definition) is 5. The van der Waals surface area contributed by atoms with Gasteiger partial charge in [0.05, 0.1) is 18.1 Å². The second-order valence-electron chi connectivity index (χ2n) is 5.94.